The molecule has 4 nitrogen and oxygen atoms in total. The van der Waals surface area contributed by atoms with Crippen molar-refractivity contribution in [1.82, 2.24) is 15.0 Å². The van der Waals surface area contributed by atoms with Gasteiger partial charge in [0, 0.05) is 35.1 Å². The molecule has 0 aliphatic rings. The van der Waals surface area contributed by atoms with Crippen molar-refractivity contribution in [2.75, 3.05) is 4.90 Å². The zero-order valence-corrected chi connectivity index (χ0v) is 22.1. The van der Waals surface area contributed by atoms with Crippen molar-refractivity contribution < 1.29 is 0 Å². The van der Waals surface area contributed by atoms with Crippen LogP contribution in [0.3, 0.4) is 0 Å². The molecule has 0 bridgehead atoms. The van der Waals surface area contributed by atoms with Gasteiger partial charge in [0.1, 0.15) is 11.6 Å². The molecule has 8 rings (SSSR count). The molecule has 0 saturated carbocycles. The maximum atomic E-state index is 4.81. The van der Waals surface area contributed by atoms with Crippen LogP contribution in [0.15, 0.2) is 146 Å². The first-order valence-corrected chi connectivity index (χ1v) is 13.7. The Morgan fingerprint density at radius 1 is 0.415 bits per heavy atom. The summed E-state index contributed by atoms with van der Waals surface area (Å²) in [4.78, 5) is 16.1. The van der Waals surface area contributed by atoms with E-state index in [0.717, 1.165) is 28.4 Å². The third-order valence-corrected chi connectivity index (χ3v) is 7.79. The van der Waals surface area contributed by atoms with Gasteiger partial charge < -0.3 is 0 Å². The van der Waals surface area contributed by atoms with Crippen molar-refractivity contribution in [3.05, 3.63) is 146 Å². The second-order valence-corrected chi connectivity index (χ2v) is 10.1. The number of rotatable bonds is 4. The van der Waals surface area contributed by atoms with Gasteiger partial charge in [-0.25, -0.2) is 9.97 Å². The van der Waals surface area contributed by atoms with Crippen LogP contribution in [-0.4, -0.2) is 15.0 Å². The van der Waals surface area contributed by atoms with Crippen molar-refractivity contribution in [1.29, 1.82) is 0 Å². The molecule has 0 saturated heterocycles. The molecule has 5 aromatic carbocycles. The van der Waals surface area contributed by atoms with Gasteiger partial charge in [-0.05, 0) is 86.6 Å². The predicted molar refractivity (Wildman–Crippen MR) is 170 cm³/mol. The monoisotopic (exact) mass is 524 g/mol. The lowest BCUT2D eigenvalue weighted by molar-refractivity contribution is 1.13. The minimum Gasteiger partial charge on any atom is -0.279 e. The predicted octanol–water partition coefficient (Wildman–Crippen LogP) is 9.62. The topological polar surface area (TPSA) is 41.9 Å². The van der Waals surface area contributed by atoms with E-state index in [4.69, 9.17) is 4.98 Å². The molecule has 8 aromatic rings. The molecule has 0 N–H and O–H groups in total. The quantitative estimate of drug-likeness (QED) is 0.215. The molecular formula is C37H24N4. The van der Waals surface area contributed by atoms with Gasteiger partial charge in [-0.2, -0.15) is 0 Å². The first-order chi connectivity index (χ1) is 20.4. The fourth-order valence-electron chi connectivity index (χ4n) is 6.01. The summed E-state index contributed by atoms with van der Waals surface area (Å²) in [5.41, 5.74) is 4.40. The zero-order chi connectivity index (χ0) is 27.2. The second-order valence-electron chi connectivity index (χ2n) is 10.1. The van der Waals surface area contributed by atoms with E-state index in [1.54, 1.807) is 0 Å². The molecule has 0 aliphatic carbocycles. The zero-order valence-electron chi connectivity index (χ0n) is 22.1. The largest absolute Gasteiger partial charge is 0.279 e. The van der Waals surface area contributed by atoms with Crippen molar-refractivity contribution in [3.63, 3.8) is 0 Å². The van der Waals surface area contributed by atoms with Crippen molar-refractivity contribution in [3.8, 4) is 11.1 Å². The Balaban J connectivity index is 1.36. The van der Waals surface area contributed by atoms with Crippen LogP contribution in [0.2, 0.25) is 0 Å². The number of anilines is 3. The highest BCUT2D eigenvalue weighted by Gasteiger charge is 2.17. The van der Waals surface area contributed by atoms with E-state index in [-0.39, 0.29) is 0 Å². The van der Waals surface area contributed by atoms with Crippen LogP contribution < -0.4 is 4.90 Å². The maximum absolute atomic E-state index is 4.81. The summed E-state index contributed by atoms with van der Waals surface area (Å²) in [6.45, 7) is 0. The van der Waals surface area contributed by atoms with E-state index in [2.05, 4.69) is 99.8 Å². The van der Waals surface area contributed by atoms with Gasteiger partial charge in [-0.3, -0.25) is 9.88 Å². The van der Waals surface area contributed by atoms with Crippen LogP contribution in [0, 0.1) is 0 Å². The van der Waals surface area contributed by atoms with Gasteiger partial charge in [0.2, 0.25) is 0 Å². The van der Waals surface area contributed by atoms with E-state index < -0.39 is 0 Å². The third-order valence-electron chi connectivity index (χ3n) is 7.79. The van der Waals surface area contributed by atoms with E-state index in [9.17, 15) is 0 Å². The smallest absolute Gasteiger partial charge is 0.138 e. The Labute approximate surface area is 237 Å². The van der Waals surface area contributed by atoms with Gasteiger partial charge in [0.25, 0.3) is 0 Å². The summed E-state index contributed by atoms with van der Waals surface area (Å²) in [5, 5.41) is 8.51. The Kier molecular flexibility index (Phi) is 5.42. The first-order valence-electron chi connectivity index (χ1n) is 13.7. The number of benzene rings is 5. The summed E-state index contributed by atoms with van der Waals surface area (Å²) < 4.78 is 0. The molecule has 0 unspecified atom stereocenters. The van der Waals surface area contributed by atoms with Crippen LogP contribution in [-0.2, 0) is 0 Å². The Hall–Kier alpha value is -5.61. The SMILES string of the molecule is c1ccc(N(c2ccc(-c3cc4c5ccccc5c5ncccc5c4c4ccccc34)cc2)c2ccccn2)nc1. The summed E-state index contributed by atoms with van der Waals surface area (Å²) in [6, 6.07) is 44.5. The molecular weight excluding hydrogens is 500 g/mol. The number of hydrogen-bond acceptors (Lipinski definition) is 4. The molecule has 192 valence electrons. The maximum Gasteiger partial charge on any atom is 0.138 e. The molecule has 0 spiro atoms. The number of hydrogen-bond donors (Lipinski definition) is 0. The normalized spacial score (nSPS) is 11.4. The number of fused-ring (bicyclic) bond motifs is 8. The van der Waals surface area contributed by atoms with Gasteiger partial charge in [-0.15, -0.1) is 0 Å². The van der Waals surface area contributed by atoms with Crippen molar-refractivity contribution in [2.24, 2.45) is 0 Å². The van der Waals surface area contributed by atoms with Gasteiger partial charge in [-0.1, -0.05) is 78.9 Å². The molecule has 0 amide bonds. The van der Waals surface area contributed by atoms with E-state index in [0.29, 0.717) is 0 Å². The highest BCUT2D eigenvalue weighted by Crippen LogP contribution is 2.42. The summed E-state index contributed by atoms with van der Waals surface area (Å²) >= 11 is 0. The van der Waals surface area contributed by atoms with Crippen molar-refractivity contribution in [2.45, 2.75) is 0 Å². The Morgan fingerprint density at radius 3 is 1.68 bits per heavy atom. The molecule has 0 atom stereocenters. The van der Waals surface area contributed by atoms with Gasteiger partial charge in [0.05, 0.1) is 5.52 Å². The lowest BCUT2D eigenvalue weighted by Gasteiger charge is -2.23. The summed E-state index contributed by atoms with van der Waals surface area (Å²) in [5.74, 6) is 1.64. The van der Waals surface area contributed by atoms with E-state index >= 15 is 0 Å². The second kappa shape index (κ2) is 9.54. The highest BCUT2D eigenvalue weighted by molar-refractivity contribution is 6.32. The Morgan fingerprint density at radius 2 is 1.00 bits per heavy atom. The Bertz CT molecular complexity index is 2150. The summed E-state index contributed by atoms with van der Waals surface area (Å²) in [6.07, 6.45) is 5.51. The number of nitrogens with zero attached hydrogens (tertiary/aromatic N) is 4. The number of aromatic nitrogens is 3. The van der Waals surface area contributed by atoms with Crippen molar-refractivity contribution >= 4 is 60.5 Å². The lowest BCUT2D eigenvalue weighted by atomic mass is 9.88. The minimum atomic E-state index is 0.821. The van der Waals surface area contributed by atoms with Gasteiger partial charge in [0.15, 0.2) is 0 Å². The van der Waals surface area contributed by atoms with Crippen LogP contribution in [0.25, 0.3) is 54.3 Å². The molecule has 3 heterocycles. The highest BCUT2D eigenvalue weighted by atomic mass is 15.2. The van der Waals surface area contributed by atoms with Crippen LogP contribution in [0.5, 0.6) is 0 Å². The molecule has 3 aromatic heterocycles. The molecule has 0 fully saturated rings. The average molecular weight is 525 g/mol. The lowest BCUT2D eigenvalue weighted by Crippen LogP contribution is -2.12. The number of pyridine rings is 3. The standard InChI is InChI=1S/C37H24N4/c1-3-12-29-27(10-1)32(24-33-28-11-2-4-13-30(28)37-31(36(29)33)14-9-23-40-37)25-17-19-26(20-18-25)41(34-15-5-7-21-38-34)35-16-6-8-22-39-35/h1-24H. The fourth-order valence-corrected chi connectivity index (χ4v) is 6.01. The van der Waals surface area contributed by atoms with Crippen LogP contribution in [0.1, 0.15) is 0 Å². The molecule has 41 heavy (non-hydrogen) atoms. The average Bonchev–Trinajstić information content (AvgIpc) is 3.06. The molecule has 4 heteroatoms. The van der Waals surface area contributed by atoms with E-state index in [1.807, 2.05) is 61.1 Å². The third kappa shape index (κ3) is 3.80. The molecule has 0 radical (unpaired) electrons. The summed E-state index contributed by atoms with van der Waals surface area (Å²) in [7, 11) is 0. The van der Waals surface area contributed by atoms with E-state index in [1.165, 1.54) is 43.3 Å². The van der Waals surface area contributed by atoms with Gasteiger partial charge >= 0.3 is 0 Å². The van der Waals surface area contributed by atoms with Crippen LogP contribution in [0.4, 0.5) is 17.3 Å². The molecule has 0 aliphatic heterocycles. The first kappa shape index (κ1) is 23.3. The van der Waals surface area contributed by atoms with Crippen LogP contribution >= 0.6 is 0 Å². The minimum absolute atomic E-state index is 0.821. The fraction of sp³-hybridized carbons (Fsp3) is 0.